The number of nitrogens with zero attached hydrogens (tertiary/aromatic N) is 1. The molecule has 1 unspecified atom stereocenters. The van der Waals surface area contributed by atoms with E-state index in [1.165, 1.54) is 25.3 Å². The number of anilines is 1. The van der Waals surface area contributed by atoms with E-state index in [1.807, 2.05) is 0 Å². The Morgan fingerprint density at radius 2 is 2.43 bits per heavy atom. The second-order valence-corrected chi connectivity index (χ2v) is 4.62. The number of hydrogen-bond donors (Lipinski definition) is 2. The number of rotatable bonds is 5. The summed E-state index contributed by atoms with van der Waals surface area (Å²) in [6.07, 6.45) is 0.264. The van der Waals surface area contributed by atoms with Crippen LogP contribution in [0, 0.1) is 10.1 Å². The maximum Gasteiger partial charge on any atom is 0.273 e. The summed E-state index contributed by atoms with van der Waals surface area (Å²) >= 11 is 0. The predicted molar refractivity (Wildman–Crippen MR) is 75.5 cm³/mol. The minimum absolute atomic E-state index is 0.0252. The van der Waals surface area contributed by atoms with E-state index < -0.39 is 4.92 Å². The number of amides is 1. The Labute approximate surface area is 121 Å². The van der Waals surface area contributed by atoms with Gasteiger partial charge in [0, 0.05) is 25.1 Å². The third kappa shape index (κ3) is 4.14. The van der Waals surface area contributed by atoms with Gasteiger partial charge in [0.15, 0.2) is 0 Å². The van der Waals surface area contributed by atoms with E-state index in [4.69, 9.17) is 9.47 Å². The number of ether oxygens (including phenoxy) is 2. The number of nitro benzene ring substituents is 1. The van der Waals surface area contributed by atoms with Crippen LogP contribution < -0.4 is 15.4 Å². The van der Waals surface area contributed by atoms with Crippen molar-refractivity contribution in [3.05, 3.63) is 28.3 Å². The summed E-state index contributed by atoms with van der Waals surface area (Å²) in [5.74, 6) is 0.0514. The molecule has 114 valence electrons. The van der Waals surface area contributed by atoms with Gasteiger partial charge in [-0.25, -0.2) is 0 Å². The van der Waals surface area contributed by atoms with Crippen LogP contribution in [0.3, 0.4) is 0 Å². The van der Waals surface area contributed by atoms with Crippen molar-refractivity contribution in [1.82, 2.24) is 5.32 Å². The van der Waals surface area contributed by atoms with E-state index in [1.54, 1.807) is 0 Å². The average Bonchev–Trinajstić information content (AvgIpc) is 2.48. The van der Waals surface area contributed by atoms with Gasteiger partial charge in [0.1, 0.15) is 5.75 Å². The molecule has 0 saturated carbocycles. The van der Waals surface area contributed by atoms with Gasteiger partial charge >= 0.3 is 0 Å². The standard InChI is InChI=1S/C13H17N3O5/c1-20-12-7-10(16(18)19)2-3-11(12)15-13(17)6-9-8-21-5-4-14-9/h2-3,7,9,14H,4-6,8H2,1H3,(H,15,17). The van der Waals surface area contributed by atoms with Gasteiger partial charge < -0.3 is 20.1 Å². The van der Waals surface area contributed by atoms with E-state index in [9.17, 15) is 14.9 Å². The summed E-state index contributed by atoms with van der Waals surface area (Å²) in [4.78, 5) is 22.2. The molecule has 8 nitrogen and oxygen atoms in total. The van der Waals surface area contributed by atoms with Crippen LogP contribution in [0.4, 0.5) is 11.4 Å². The molecule has 1 atom stereocenters. The number of nitrogens with one attached hydrogen (secondary N) is 2. The van der Waals surface area contributed by atoms with Crippen LogP contribution in [0.5, 0.6) is 5.75 Å². The smallest absolute Gasteiger partial charge is 0.273 e. The molecule has 1 fully saturated rings. The zero-order valence-corrected chi connectivity index (χ0v) is 11.6. The van der Waals surface area contributed by atoms with Crippen LogP contribution >= 0.6 is 0 Å². The topological polar surface area (TPSA) is 103 Å². The molecule has 1 aromatic carbocycles. The molecule has 0 aliphatic carbocycles. The van der Waals surface area contributed by atoms with Crippen molar-refractivity contribution >= 4 is 17.3 Å². The minimum atomic E-state index is -0.516. The molecule has 2 rings (SSSR count). The predicted octanol–water partition coefficient (Wildman–Crippen LogP) is 0.920. The van der Waals surface area contributed by atoms with E-state index in [0.717, 1.165) is 6.54 Å². The minimum Gasteiger partial charge on any atom is -0.494 e. The molecule has 1 saturated heterocycles. The molecule has 0 radical (unpaired) electrons. The van der Waals surface area contributed by atoms with Gasteiger partial charge in [-0.2, -0.15) is 0 Å². The van der Waals surface area contributed by atoms with Crippen LogP contribution in [-0.4, -0.2) is 43.7 Å². The Morgan fingerprint density at radius 1 is 1.62 bits per heavy atom. The van der Waals surface area contributed by atoms with Gasteiger partial charge in [-0.3, -0.25) is 14.9 Å². The van der Waals surface area contributed by atoms with E-state index in [0.29, 0.717) is 18.9 Å². The Morgan fingerprint density at radius 3 is 3.05 bits per heavy atom. The van der Waals surface area contributed by atoms with Gasteiger partial charge in [-0.05, 0) is 6.07 Å². The van der Waals surface area contributed by atoms with Crippen LogP contribution in [0.25, 0.3) is 0 Å². The number of carbonyl (C=O) groups is 1. The summed E-state index contributed by atoms with van der Waals surface area (Å²) in [7, 11) is 1.39. The zero-order valence-electron chi connectivity index (χ0n) is 11.6. The lowest BCUT2D eigenvalue weighted by atomic mass is 10.2. The lowest BCUT2D eigenvalue weighted by molar-refractivity contribution is -0.384. The van der Waals surface area contributed by atoms with E-state index >= 15 is 0 Å². The van der Waals surface area contributed by atoms with Crippen LogP contribution in [-0.2, 0) is 9.53 Å². The first-order valence-electron chi connectivity index (χ1n) is 6.53. The van der Waals surface area contributed by atoms with Crippen LogP contribution in [0.15, 0.2) is 18.2 Å². The third-order valence-corrected chi connectivity index (χ3v) is 3.10. The number of non-ortho nitro benzene ring substituents is 1. The molecule has 1 aromatic rings. The summed E-state index contributed by atoms with van der Waals surface area (Å²) in [6.45, 7) is 1.86. The SMILES string of the molecule is COc1cc([N+](=O)[O-])ccc1NC(=O)CC1COCCN1. The highest BCUT2D eigenvalue weighted by Gasteiger charge is 2.18. The normalized spacial score (nSPS) is 18.0. The zero-order chi connectivity index (χ0) is 15.2. The first kappa shape index (κ1) is 15.2. The molecule has 8 heteroatoms. The van der Waals surface area contributed by atoms with Gasteiger partial charge in [-0.1, -0.05) is 0 Å². The fraction of sp³-hybridized carbons (Fsp3) is 0.462. The quantitative estimate of drug-likeness (QED) is 0.618. The average molecular weight is 295 g/mol. The maximum absolute atomic E-state index is 12.0. The van der Waals surface area contributed by atoms with Gasteiger partial charge in [0.25, 0.3) is 5.69 Å². The number of hydrogen-bond acceptors (Lipinski definition) is 6. The van der Waals surface area contributed by atoms with Crippen molar-refractivity contribution < 1.29 is 19.2 Å². The van der Waals surface area contributed by atoms with Crippen molar-refractivity contribution in [3.63, 3.8) is 0 Å². The number of methoxy groups -OCH3 is 1. The first-order valence-corrected chi connectivity index (χ1v) is 6.53. The molecule has 21 heavy (non-hydrogen) atoms. The Hall–Kier alpha value is -2.19. The third-order valence-electron chi connectivity index (χ3n) is 3.10. The van der Waals surface area contributed by atoms with Gasteiger partial charge in [0.05, 0.1) is 37.0 Å². The number of carbonyl (C=O) groups excluding carboxylic acids is 1. The molecule has 1 aliphatic heterocycles. The van der Waals surface area contributed by atoms with E-state index in [2.05, 4.69) is 10.6 Å². The lowest BCUT2D eigenvalue weighted by Crippen LogP contribution is -2.43. The molecule has 2 N–H and O–H groups in total. The monoisotopic (exact) mass is 295 g/mol. The molecule has 1 aliphatic rings. The molecule has 1 amide bonds. The highest BCUT2D eigenvalue weighted by Crippen LogP contribution is 2.29. The van der Waals surface area contributed by atoms with Crippen molar-refractivity contribution in [2.75, 3.05) is 32.2 Å². The lowest BCUT2D eigenvalue weighted by Gasteiger charge is -2.23. The molecule has 0 aromatic heterocycles. The Balaban J connectivity index is 2.00. The van der Waals surface area contributed by atoms with Gasteiger partial charge in [0.2, 0.25) is 5.91 Å². The second-order valence-electron chi connectivity index (χ2n) is 4.62. The fourth-order valence-corrected chi connectivity index (χ4v) is 2.07. The van der Waals surface area contributed by atoms with Crippen molar-refractivity contribution in [2.24, 2.45) is 0 Å². The second kappa shape index (κ2) is 7.00. The van der Waals surface area contributed by atoms with Crippen LogP contribution in [0.1, 0.15) is 6.42 Å². The summed E-state index contributed by atoms with van der Waals surface area (Å²) in [5, 5.41) is 16.6. The highest BCUT2D eigenvalue weighted by atomic mass is 16.6. The first-order chi connectivity index (χ1) is 10.1. The molecular weight excluding hydrogens is 278 g/mol. The van der Waals surface area contributed by atoms with Crippen molar-refractivity contribution in [1.29, 1.82) is 0 Å². The van der Waals surface area contributed by atoms with E-state index in [-0.39, 0.29) is 29.8 Å². The number of benzene rings is 1. The van der Waals surface area contributed by atoms with Gasteiger partial charge in [-0.15, -0.1) is 0 Å². The highest BCUT2D eigenvalue weighted by molar-refractivity contribution is 5.92. The molecular formula is C13H17N3O5. The Bertz CT molecular complexity index is 529. The summed E-state index contributed by atoms with van der Waals surface area (Å²) in [5.41, 5.74) is 0.317. The Kier molecular flexibility index (Phi) is 5.07. The van der Waals surface area contributed by atoms with Crippen LogP contribution in [0.2, 0.25) is 0 Å². The molecule has 0 bridgehead atoms. The number of nitro groups is 1. The fourth-order valence-electron chi connectivity index (χ4n) is 2.07. The summed E-state index contributed by atoms with van der Waals surface area (Å²) in [6, 6.07) is 4.03. The molecule has 0 spiro atoms. The maximum atomic E-state index is 12.0. The van der Waals surface area contributed by atoms with Crippen molar-refractivity contribution in [2.45, 2.75) is 12.5 Å². The largest absolute Gasteiger partial charge is 0.494 e. The van der Waals surface area contributed by atoms with Crippen molar-refractivity contribution in [3.8, 4) is 5.75 Å². The molecule has 1 heterocycles. The summed E-state index contributed by atoms with van der Waals surface area (Å²) < 4.78 is 10.3. The number of morpholine rings is 1.